The predicted octanol–water partition coefficient (Wildman–Crippen LogP) is 4.98. The maximum absolute atomic E-state index is 17.4. The SMILES string of the molecule is CCC(C)(CC(C)(C)C(=O)OCC(=O)C1(O)C(C)CC2C3CCC4=CC(=O)C=CC4(C)C3(F)C(O)CC21C)C(=O)OOPC. The van der Waals surface area contributed by atoms with E-state index in [-0.39, 0.29) is 27.4 Å². The Labute approximate surface area is 261 Å². The van der Waals surface area contributed by atoms with Gasteiger partial charge in [0.05, 0.1) is 25.7 Å². The molecule has 0 radical (unpaired) electrons. The molecule has 0 aliphatic heterocycles. The van der Waals surface area contributed by atoms with Crippen molar-refractivity contribution in [3.8, 4) is 0 Å². The summed E-state index contributed by atoms with van der Waals surface area (Å²) in [6, 6.07) is 0. The number of halogens is 1. The summed E-state index contributed by atoms with van der Waals surface area (Å²) in [5, 5.41) is 23.7. The van der Waals surface area contributed by atoms with E-state index in [1.165, 1.54) is 12.2 Å². The highest BCUT2D eigenvalue weighted by atomic mass is 31.1. The molecule has 10 unspecified atom stereocenters. The van der Waals surface area contributed by atoms with Crippen LogP contribution in [0.1, 0.15) is 87.0 Å². The van der Waals surface area contributed by atoms with Gasteiger partial charge in [-0.05, 0) is 96.9 Å². The molecule has 2 N–H and O–H groups in total. The van der Waals surface area contributed by atoms with E-state index in [4.69, 9.17) is 14.3 Å². The molecular weight excluding hydrogens is 590 g/mol. The molecule has 0 spiro atoms. The van der Waals surface area contributed by atoms with Gasteiger partial charge in [0, 0.05) is 16.7 Å². The average Bonchev–Trinajstić information content (AvgIpc) is 3.16. The normalized spacial score (nSPS) is 39.6. The molecule has 4 aliphatic rings. The maximum atomic E-state index is 17.4. The monoisotopic (exact) mass is 638 g/mol. The van der Waals surface area contributed by atoms with Crippen molar-refractivity contribution in [1.82, 2.24) is 0 Å². The van der Waals surface area contributed by atoms with Gasteiger partial charge in [-0.3, -0.25) is 19.3 Å². The molecule has 0 amide bonds. The third kappa shape index (κ3) is 5.03. The van der Waals surface area contributed by atoms with Gasteiger partial charge >= 0.3 is 11.9 Å². The summed E-state index contributed by atoms with van der Waals surface area (Å²) >= 11 is 0. The zero-order valence-electron chi connectivity index (χ0n) is 27.1. The van der Waals surface area contributed by atoms with Crippen LogP contribution in [0.4, 0.5) is 4.39 Å². The molecule has 0 aromatic carbocycles. The van der Waals surface area contributed by atoms with Crippen LogP contribution >= 0.6 is 8.81 Å². The van der Waals surface area contributed by atoms with Gasteiger partial charge in [0.2, 0.25) is 5.78 Å². The van der Waals surface area contributed by atoms with Crippen molar-refractivity contribution in [2.24, 2.45) is 39.4 Å². The summed E-state index contributed by atoms with van der Waals surface area (Å²) < 4.78 is 27.7. The number of hydrogen-bond acceptors (Lipinski definition) is 9. The van der Waals surface area contributed by atoms with E-state index in [1.807, 2.05) is 0 Å². The number of esters is 1. The lowest BCUT2D eigenvalue weighted by molar-refractivity contribution is -0.222. The van der Waals surface area contributed by atoms with E-state index in [0.717, 1.165) is 0 Å². The largest absolute Gasteiger partial charge is 0.457 e. The molecule has 11 heteroatoms. The topological polar surface area (TPSA) is 136 Å². The highest BCUT2D eigenvalue weighted by Gasteiger charge is 2.75. The van der Waals surface area contributed by atoms with Crippen molar-refractivity contribution in [2.45, 2.75) is 104 Å². The Hall–Kier alpha value is -2.00. The van der Waals surface area contributed by atoms with E-state index in [1.54, 1.807) is 61.2 Å². The van der Waals surface area contributed by atoms with Crippen molar-refractivity contribution in [3.05, 3.63) is 23.8 Å². The van der Waals surface area contributed by atoms with Crippen LogP contribution in [0.25, 0.3) is 0 Å². The van der Waals surface area contributed by atoms with Gasteiger partial charge in [0.15, 0.2) is 18.1 Å². The summed E-state index contributed by atoms with van der Waals surface area (Å²) in [6.07, 6.45) is 4.37. The molecular formula is C33H48FO9P. The Morgan fingerprint density at radius 3 is 2.43 bits per heavy atom. The smallest absolute Gasteiger partial charge is 0.348 e. The van der Waals surface area contributed by atoms with Crippen molar-refractivity contribution in [1.29, 1.82) is 0 Å². The molecule has 9 nitrogen and oxygen atoms in total. The second-order valence-electron chi connectivity index (χ2n) is 14.8. The van der Waals surface area contributed by atoms with Gasteiger partial charge in [0.25, 0.3) is 0 Å². The van der Waals surface area contributed by atoms with Crippen molar-refractivity contribution >= 4 is 32.3 Å². The maximum Gasteiger partial charge on any atom is 0.348 e. The number of aliphatic hydroxyl groups excluding tert-OH is 1. The van der Waals surface area contributed by atoms with E-state index in [2.05, 4.69) is 0 Å². The number of allylic oxidation sites excluding steroid dienone is 4. The Bertz CT molecular complexity index is 1280. The number of ketones is 2. The lowest BCUT2D eigenvalue weighted by Crippen LogP contribution is -2.69. The van der Waals surface area contributed by atoms with Crippen LogP contribution < -0.4 is 0 Å². The summed E-state index contributed by atoms with van der Waals surface area (Å²) in [5.41, 5.74) is -7.98. The summed E-state index contributed by atoms with van der Waals surface area (Å²) in [6.45, 7) is 12.9. The molecule has 0 bridgehead atoms. The molecule has 0 aromatic heterocycles. The first kappa shape index (κ1) is 34.9. The zero-order chi connectivity index (χ0) is 33.1. The average molecular weight is 639 g/mol. The number of alkyl halides is 1. The van der Waals surface area contributed by atoms with Gasteiger partial charge in [-0.15, -0.1) is 0 Å². The van der Waals surface area contributed by atoms with Crippen LogP contribution in [0.2, 0.25) is 0 Å². The van der Waals surface area contributed by atoms with E-state index in [9.17, 15) is 29.4 Å². The zero-order valence-corrected chi connectivity index (χ0v) is 28.1. The van der Waals surface area contributed by atoms with Crippen LogP contribution in [-0.4, -0.2) is 64.4 Å². The third-order valence-electron chi connectivity index (χ3n) is 11.8. The van der Waals surface area contributed by atoms with Crippen LogP contribution in [-0.2, 0) is 33.5 Å². The van der Waals surface area contributed by atoms with E-state index >= 15 is 4.39 Å². The lowest BCUT2D eigenvalue weighted by Gasteiger charge is -2.62. The molecule has 3 saturated carbocycles. The number of aliphatic hydroxyl groups is 2. The lowest BCUT2D eigenvalue weighted by atomic mass is 9.44. The van der Waals surface area contributed by atoms with Crippen LogP contribution in [0.3, 0.4) is 0 Å². The fraction of sp³-hybridized carbons (Fsp3) is 0.758. The number of rotatable bonds is 10. The molecule has 44 heavy (non-hydrogen) atoms. The molecule has 0 heterocycles. The molecule has 4 rings (SSSR count). The molecule has 10 atom stereocenters. The molecule has 246 valence electrons. The van der Waals surface area contributed by atoms with Crippen LogP contribution in [0, 0.1) is 39.4 Å². The summed E-state index contributed by atoms with van der Waals surface area (Å²) in [5.74, 6) is -3.89. The number of Topliss-reactive ketones (excluding diaryl/α,β-unsaturated/α-hetero) is 1. The minimum absolute atomic E-state index is 0.0503. The number of carbonyl (C=O) groups excluding carboxylic acids is 4. The number of fused-ring (bicyclic) bond motifs is 5. The fourth-order valence-corrected chi connectivity index (χ4v) is 9.31. The molecule has 3 fully saturated rings. The van der Waals surface area contributed by atoms with Gasteiger partial charge < -0.3 is 14.9 Å². The van der Waals surface area contributed by atoms with Crippen LogP contribution in [0.15, 0.2) is 23.8 Å². The fourth-order valence-electron chi connectivity index (χ4n) is 9.15. The van der Waals surface area contributed by atoms with Gasteiger partial charge in [-0.25, -0.2) is 9.18 Å². The van der Waals surface area contributed by atoms with Crippen molar-refractivity contribution in [2.75, 3.05) is 13.3 Å². The number of carbonyl (C=O) groups is 4. The number of ether oxygens (including phenoxy) is 1. The second-order valence-corrected chi connectivity index (χ2v) is 15.4. The van der Waals surface area contributed by atoms with Crippen molar-refractivity contribution < 1.29 is 48.1 Å². The Morgan fingerprint density at radius 1 is 1.16 bits per heavy atom. The van der Waals surface area contributed by atoms with E-state index in [0.29, 0.717) is 31.3 Å². The van der Waals surface area contributed by atoms with E-state index < -0.39 is 81.1 Å². The Balaban J connectivity index is 1.54. The minimum Gasteiger partial charge on any atom is -0.457 e. The first-order valence-electron chi connectivity index (χ1n) is 15.6. The molecule has 0 saturated heterocycles. The summed E-state index contributed by atoms with van der Waals surface area (Å²) in [4.78, 5) is 56.8. The summed E-state index contributed by atoms with van der Waals surface area (Å²) in [7, 11) is -0.0503. The highest BCUT2D eigenvalue weighted by molar-refractivity contribution is 7.31. The van der Waals surface area contributed by atoms with Gasteiger partial charge in [0.1, 0.15) is 5.60 Å². The third-order valence-corrected chi connectivity index (χ3v) is 12.1. The predicted molar refractivity (Wildman–Crippen MR) is 162 cm³/mol. The quantitative estimate of drug-likeness (QED) is 0.147. The first-order valence-corrected chi connectivity index (χ1v) is 17.0. The minimum atomic E-state index is -2.08. The Kier molecular flexibility index (Phi) is 9.24. The molecule has 4 aliphatic carbocycles. The number of hydrogen-bond donors (Lipinski definition) is 2. The van der Waals surface area contributed by atoms with Crippen LogP contribution in [0.5, 0.6) is 0 Å². The highest BCUT2D eigenvalue weighted by Crippen LogP contribution is 2.70. The molecule has 0 aromatic rings. The van der Waals surface area contributed by atoms with Gasteiger partial charge in [-0.1, -0.05) is 32.4 Å². The van der Waals surface area contributed by atoms with Gasteiger partial charge in [-0.2, -0.15) is 4.67 Å². The first-order chi connectivity index (χ1) is 20.3. The Morgan fingerprint density at radius 2 is 1.82 bits per heavy atom. The standard InChI is InChI=1S/C33H48FO9P/c1-9-29(5,27(39)42-43-44-8)18-28(3,4)26(38)41-17-25(37)33(40)19(2)14-23-22-11-10-20-15-21(35)12-13-30(20,6)32(22,34)24(36)16-31(23,33)7/h12-13,15,19,22-24,36,40,44H,9-11,14,16-18H2,1-8H3. The second kappa shape index (κ2) is 11.7. The van der Waals surface area contributed by atoms with Crippen molar-refractivity contribution in [3.63, 3.8) is 0 Å².